The lowest BCUT2D eigenvalue weighted by atomic mass is 10.1. The minimum atomic E-state index is -0.762. The number of hydrogen-bond acceptors (Lipinski definition) is 7. The summed E-state index contributed by atoms with van der Waals surface area (Å²) < 4.78 is 0. The van der Waals surface area contributed by atoms with E-state index < -0.39 is 22.3 Å². The summed E-state index contributed by atoms with van der Waals surface area (Å²) >= 11 is 1.35. The van der Waals surface area contributed by atoms with Gasteiger partial charge in [0.15, 0.2) is 0 Å². The molecule has 3 rings (SSSR count). The van der Waals surface area contributed by atoms with Gasteiger partial charge in [-0.1, -0.05) is 43.3 Å². The van der Waals surface area contributed by atoms with Crippen molar-refractivity contribution in [2.45, 2.75) is 13.3 Å². The number of nitro groups is 1. The topological polar surface area (TPSA) is 121 Å². The molecule has 28 heavy (non-hydrogen) atoms. The quantitative estimate of drug-likeness (QED) is 0.390. The molecule has 0 atom stereocenters. The number of nitro benzene ring substituents is 1. The molecule has 1 aromatic heterocycles. The molecule has 0 aliphatic heterocycles. The maximum absolute atomic E-state index is 12.2. The standard InChI is InChI=1S/C19H16N4O4S/c1-2-12-3-6-14(7-4-12)19-21-15(11-28-19)18(25)22-20-10-13-5-8-17(24)16(9-13)23(26)27/h3-11,24H,2H2,1H3,(H,22,25)/p-1/b20-10-. The number of carbonyl (C=O) groups is 1. The fraction of sp³-hybridized carbons (Fsp3) is 0.105. The maximum Gasteiger partial charge on any atom is 0.290 e. The minimum absolute atomic E-state index is 0.220. The number of aromatic nitrogens is 1. The van der Waals surface area contributed by atoms with Crippen LogP contribution in [0.25, 0.3) is 10.6 Å². The zero-order chi connectivity index (χ0) is 20.1. The molecule has 0 saturated carbocycles. The van der Waals surface area contributed by atoms with E-state index in [1.54, 1.807) is 5.38 Å². The summed E-state index contributed by atoms with van der Waals surface area (Å²) in [7, 11) is 0. The first-order chi connectivity index (χ1) is 13.5. The third-order valence-electron chi connectivity index (χ3n) is 3.91. The van der Waals surface area contributed by atoms with Gasteiger partial charge in [-0.25, -0.2) is 10.4 Å². The summed E-state index contributed by atoms with van der Waals surface area (Å²) in [6, 6.07) is 11.5. The molecule has 0 unspecified atom stereocenters. The Kier molecular flexibility index (Phi) is 5.75. The molecule has 1 N–H and O–H groups in total. The van der Waals surface area contributed by atoms with E-state index in [1.807, 2.05) is 24.3 Å². The molecule has 0 spiro atoms. The van der Waals surface area contributed by atoms with E-state index in [0.29, 0.717) is 5.56 Å². The zero-order valence-electron chi connectivity index (χ0n) is 14.8. The average molecular weight is 395 g/mol. The third kappa shape index (κ3) is 4.38. The molecule has 0 bridgehead atoms. The van der Waals surface area contributed by atoms with Crippen molar-refractivity contribution in [2.75, 3.05) is 0 Å². The van der Waals surface area contributed by atoms with Crippen molar-refractivity contribution in [3.05, 3.63) is 74.8 Å². The monoisotopic (exact) mass is 395 g/mol. The Bertz CT molecular complexity index is 1040. The van der Waals surface area contributed by atoms with Gasteiger partial charge in [0.2, 0.25) is 0 Å². The first-order valence-electron chi connectivity index (χ1n) is 8.31. The van der Waals surface area contributed by atoms with Crippen molar-refractivity contribution in [3.8, 4) is 16.3 Å². The summed E-state index contributed by atoms with van der Waals surface area (Å²) in [5.74, 6) is -1.19. The number of thiazole rings is 1. The minimum Gasteiger partial charge on any atom is -0.868 e. The van der Waals surface area contributed by atoms with Crippen LogP contribution in [-0.4, -0.2) is 22.0 Å². The largest absolute Gasteiger partial charge is 0.868 e. The Hall–Kier alpha value is -3.59. The summed E-state index contributed by atoms with van der Waals surface area (Å²) in [6.45, 7) is 2.08. The van der Waals surface area contributed by atoms with E-state index in [9.17, 15) is 20.0 Å². The molecule has 0 saturated heterocycles. The molecule has 0 aliphatic carbocycles. The lowest BCUT2D eigenvalue weighted by molar-refractivity contribution is -0.398. The van der Waals surface area contributed by atoms with Crippen molar-refractivity contribution < 1.29 is 14.8 Å². The van der Waals surface area contributed by atoms with E-state index in [1.165, 1.54) is 29.2 Å². The highest BCUT2D eigenvalue weighted by molar-refractivity contribution is 7.13. The fourth-order valence-corrected chi connectivity index (χ4v) is 3.18. The van der Waals surface area contributed by atoms with E-state index in [2.05, 4.69) is 22.4 Å². The van der Waals surface area contributed by atoms with Crippen LogP contribution in [0.2, 0.25) is 0 Å². The van der Waals surface area contributed by atoms with E-state index in [0.717, 1.165) is 29.1 Å². The molecule has 0 radical (unpaired) electrons. The Morgan fingerprint density at radius 3 is 2.71 bits per heavy atom. The third-order valence-corrected chi connectivity index (χ3v) is 4.80. The van der Waals surface area contributed by atoms with Crippen molar-refractivity contribution >= 4 is 29.1 Å². The lowest BCUT2D eigenvalue weighted by Gasteiger charge is -2.05. The van der Waals surface area contributed by atoms with Gasteiger partial charge in [-0.05, 0) is 17.7 Å². The van der Waals surface area contributed by atoms with Crippen LogP contribution in [0.3, 0.4) is 0 Å². The van der Waals surface area contributed by atoms with Gasteiger partial charge in [0, 0.05) is 22.6 Å². The van der Waals surface area contributed by atoms with Gasteiger partial charge in [0.25, 0.3) is 11.6 Å². The van der Waals surface area contributed by atoms with Gasteiger partial charge in [0.1, 0.15) is 10.7 Å². The van der Waals surface area contributed by atoms with Gasteiger partial charge in [0.05, 0.1) is 11.1 Å². The van der Waals surface area contributed by atoms with Crippen LogP contribution in [0.4, 0.5) is 5.69 Å². The number of hydrogen-bond donors (Lipinski definition) is 1. The number of rotatable bonds is 6. The number of hydrazone groups is 1. The van der Waals surface area contributed by atoms with E-state index in [-0.39, 0.29) is 5.69 Å². The Labute approximate surface area is 164 Å². The summed E-state index contributed by atoms with van der Waals surface area (Å²) in [6.07, 6.45) is 2.17. The maximum atomic E-state index is 12.2. The predicted molar refractivity (Wildman–Crippen MR) is 105 cm³/mol. The lowest BCUT2D eigenvalue weighted by Crippen LogP contribution is -2.17. The SMILES string of the molecule is CCc1ccc(-c2nc(C(=O)N/N=C\c3ccc([O-])c([N+](=O)[O-])c3)cs2)cc1. The first-order valence-corrected chi connectivity index (χ1v) is 9.19. The van der Waals surface area contributed by atoms with Crippen LogP contribution < -0.4 is 10.5 Å². The molecular formula is C19H15N4O4S-. The second-order valence-electron chi connectivity index (χ2n) is 5.77. The Balaban J connectivity index is 1.67. The molecule has 2 aromatic carbocycles. The Morgan fingerprint density at radius 1 is 1.29 bits per heavy atom. The number of nitrogens with one attached hydrogen (secondary N) is 1. The molecule has 3 aromatic rings. The van der Waals surface area contributed by atoms with Gasteiger partial charge in [-0.15, -0.1) is 11.3 Å². The highest BCUT2D eigenvalue weighted by atomic mass is 32.1. The number of carbonyl (C=O) groups excluding carboxylic acids is 1. The predicted octanol–water partition coefficient (Wildman–Crippen LogP) is 3.12. The molecule has 0 aliphatic rings. The van der Waals surface area contributed by atoms with Gasteiger partial charge < -0.3 is 5.11 Å². The smallest absolute Gasteiger partial charge is 0.290 e. The molecule has 9 heteroatoms. The molecule has 142 valence electrons. The first kappa shape index (κ1) is 19.2. The fourth-order valence-electron chi connectivity index (χ4n) is 2.37. The highest BCUT2D eigenvalue weighted by Gasteiger charge is 2.11. The van der Waals surface area contributed by atoms with Gasteiger partial charge >= 0.3 is 0 Å². The molecule has 1 heterocycles. The number of benzene rings is 2. The average Bonchev–Trinajstić information content (AvgIpc) is 3.19. The summed E-state index contributed by atoms with van der Waals surface area (Å²) in [5.41, 5.74) is 4.46. The van der Waals surface area contributed by atoms with Crippen LogP contribution in [0.5, 0.6) is 5.75 Å². The van der Waals surface area contributed by atoms with Crippen LogP contribution in [0, 0.1) is 10.1 Å². The zero-order valence-corrected chi connectivity index (χ0v) is 15.6. The van der Waals surface area contributed by atoms with Crippen LogP contribution >= 0.6 is 11.3 Å². The molecule has 8 nitrogen and oxygen atoms in total. The normalized spacial score (nSPS) is 10.9. The van der Waals surface area contributed by atoms with E-state index >= 15 is 0 Å². The number of nitrogens with zero attached hydrogens (tertiary/aromatic N) is 3. The van der Waals surface area contributed by atoms with Crippen molar-refractivity contribution in [2.24, 2.45) is 5.10 Å². The van der Waals surface area contributed by atoms with Gasteiger partial charge in [-0.2, -0.15) is 5.10 Å². The van der Waals surface area contributed by atoms with Crippen LogP contribution in [0.1, 0.15) is 28.5 Å². The van der Waals surface area contributed by atoms with Gasteiger partial charge in [-0.3, -0.25) is 14.9 Å². The molecule has 1 amide bonds. The van der Waals surface area contributed by atoms with Crippen LogP contribution in [0.15, 0.2) is 52.9 Å². The summed E-state index contributed by atoms with van der Waals surface area (Å²) in [4.78, 5) is 26.5. The number of aryl methyl sites for hydroxylation is 1. The molecule has 0 fully saturated rings. The Morgan fingerprint density at radius 2 is 2.04 bits per heavy atom. The highest BCUT2D eigenvalue weighted by Crippen LogP contribution is 2.24. The number of amides is 1. The molecular weight excluding hydrogens is 380 g/mol. The summed E-state index contributed by atoms with van der Waals surface area (Å²) in [5, 5.41) is 28.3. The van der Waals surface area contributed by atoms with Crippen LogP contribution in [-0.2, 0) is 6.42 Å². The van der Waals surface area contributed by atoms with Crippen molar-refractivity contribution in [3.63, 3.8) is 0 Å². The van der Waals surface area contributed by atoms with Crippen molar-refractivity contribution in [1.82, 2.24) is 10.4 Å². The second-order valence-corrected chi connectivity index (χ2v) is 6.63. The second kappa shape index (κ2) is 8.40. The van der Waals surface area contributed by atoms with E-state index in [4.69, 9.17) is 0 Å². The van der Waals surface area contributed by atoms with Crippen molar-refractivity contribution in [1.29, 1.82) is 0 Å².